The van der Waals surface area contributed by atoms with Crippen LogP contribution in [0, 0.1) is 11.8 Å². The summed E-state index contributed by atoms with van der Waals surface area (Å²) in [6.07, 6.45) is -3.88. The molecular formula is C8H12F4O2S. The number of halogens is 4. The molecule has 0 aromatic carbocycles. The van der Waals surface area contributed by atoms with Gasteiger partial charge < -0.3 is 0 Å². The predicted molar refractivity (Wildman–Crippen MR) is 46.4 cm³/mol. The SMILES string of the molecule is O=S(=O)(F)CC1CCCC(C(F)(F)F)C1. The lowest BCUT2D eigenvalue weighted by Gasteiger charge is -2.29. The van der Waals surface area contributed by atoms with Crippen LogP contribution < -0.4 is 0 Å². The molecule has 2 unspecified atom stereocenters. The van der Waals surface area contributed by atoms with Crippen LogP contribution in [0.25, 0.3) is 0 Å². The second-order valence-corrected chi connectivity index (χ2v) is 5.39. The highest BCUT2D eigenvalue weighted by atomic mass is 32.3. The molecule has 0 bridgehead atoms. The number of hydrogen-bond acceptors (Lipinski definition) is 2. The van der Waals surface area contributed by atoms with Gasteiger partial charge in [0.2, 0.25) is 0 Å². The zero-order valence-corrected chi connectivity index (χ0v) is 8.74. The van der Waals surface area contributed by atoms with Crippen LogP contribution in [0.2, 0.25) is 0 Å². The maximum atomic E-state index is 12.3. The summed E-state index contributed by atoms with van der Waals surface area (Å²) in [5.74, 6) is -2.95. The summed E-state index contributed by atoms with van der Waals surface area (Å²) in [6.45, 7) is 0. The zero-order valence-electron chi connectivity index (χ0n) is 7.93. The van der Waals surface area contributed by atoms with Gasteiger partial charge in [0.25, 0.3) is 0 Å². The molecule has 0 aromatic heterocycles. The smallest absolute Gasteiger partial charge is 0.195 e. The van der Waals surface area contributed by atoms with Crippen LogP contribution >= 0.6 is 0 Å². The topological polar surface area (TPSA) is 34.1 Å². The first-order valence-corrected chi connectivity index (χ1v) is 6.23. The highest BCUT2D eigenvalue weighted by Crippen LogP contribution is 2.40. The van der Waals surface area contributed by atoms with Crippen LogP contribution in [0.1, 0.15) is 25.7 Å². The molecule has 15 heavy (non-hydrogen) atoms. The lowest BCUT2D eigenvalue weighted by molar-refractivity contribution is -0.185. The van der Waals surface area contributed by atoms with Crippen LogP contribution in [0.4, 0.5) is 17.1 Å². The standard InChI is InChI=1S/C8H12F4O2S/c9-8(10,11)7-3-1-2-6(4-7)5-15(12,13)14/h6-7H,1-5H2. The van der Waals surface area contributed by atoms with E-state index in [0.717, 1.165) is 0 Å². The van der Waals surface area contributed by atoms with E-state index in [9.17, 15) is 25.5 Å². The minimum absolute atomic E-state index is 0.0202. The van der Waals surface area contributed by atoms with E-state index in [4.69, 9.17) is 0 Å². The van der Waals surface area contributed by atoms with Gasteiger partial charge in [-0.1, -0.05) is 6.42 Å². The Morgan fingerprint density at radius 3 is 2.27 bits per heavy atom. The van der Waals surface area contributed by atoms with Crippen LogP contribution in [-0.4, -0.2) is 20.3 Å². The van der Waals surface area contributed by atoms with E-state index in [1.54, 1.807) is 0 Å². The average molecular weight is 248 g/mol. The van der Waals surface area contributed by atoms with Gasteiger partial charge in [-0.25, -0.2) is 0 Å². The first kappa shape index (κ1) is 12.7. The van der Waals surface area contributed by atoms with Gasteiger partial charge >= 0.3 is 16.4 Å². The number of rotatable bonds is 2. The Morgan fingerprint density at radius 1 is 1.20 bits per heavy atom. The fourth-order valence-electron chi connectivity index (χ4n) is 2.02. The molecule has 1 saturated carbocycles. The van der Waals surface area contributed by atoms with Crippen molar-refractivity contribution in [3.05, 3.63) is 0 Å². The minimum Gasteiger partial charge on any atom is -0.195 e. The van der Waals surface area contributed by atoms with E-state index >= 15 is 0 Å². The molecule has 1 rings (SSSR count). The Kier molecular flexibility index (Phi) is 3.63. The lowest BCUT2D eigenvalue weighted by Crippen LogP contribution is -2.30. The molecule has 0 spiro atoms. The van der Waals surface area contributed by atoms with Gasteiger partial charge in [0.1, 0.15) is 0 Å². The first-order valence-electron chi connectivity index (χ1n) is 4.67. The fraction of sp³-hybridized carbons (Fsp3) is 1.00. The molecule has 0 N–H and O–H groups in total. The van der Waals surface area contributed by atoms with Gasteiger partial charge in [-0.05, 0) is 25.2 Å². The van der Waals surface area contributed by atoms with Gasteiger partial charge in [0.05, 0.1) is 11.7 Å². The third-order valence-electron chi connectivity index (χ3n) is 2.68. The van der Waals surface area contributed by atoms with E-state index in [0.29, 0.717) is 12.8 Å². The van der Waals surface area contributed by atoms with E-state index in [2.05, 4.69) is 0 Å². The van der Waals surface area contributed by atoms with E-state index in [1.807, 2.05) is 0 Å². The van der Waals surface area contributed by atoms with Crippen molar-refractivity contribution in [1.29, 1.82) is 0 Å². The summed E-state index contributed by atoms with van der Waals surface area (Å²) < 4.78 is 69.8. The third-order valence-corrected chi connectivity index (χ3v) is 3.55. The second-order valence-electron chi connectivity index (χ2n) is 3.98. The van der Waals surface area contributed by atoms with Crippen molar-refractivity contribution in [3.8, 4) is 0 Å². The maximum Gasteiger partial charge on any atom is 0.391 e. The normalized spacial score (nSPS) is 29.1. The Balaban J connectivity index is 2.57. The minimum atomic E-state index is -4.66. The van der Waals surface area contributed by atoms with Gasteiger partial charge in [-0.15, -0.1) is 3.89 Å². The van der Waals surface area contributed by atoms with Crippen LogP contribution in [-0.2, 0) is 10.2 Å². The first-order chi connectivity index (χ1) is 6.68. The Labute approximate surface area is 85.9 Å². The van der Waals surface area contributed by atoms with Crippen molar-refractivity contribution >= 4 is 10.2 Å². The van der Waals surface area contributed by atoms with Crippen molar-refractivity contribution in [2.45, 2.75) is 31.9 Å². The van der Waals surface area contributed by atoms with E-state index in [1.165, 1.54) is 0 Å². The summed E-state index contributed by atoms with van der Waals surface area (Å²) in [5.41, 5.74) is 0. The molecule has 0 aromatic rings. The maximum absolute atomic E-state index is 12.3. The monoisotopic (exact) mass is 248 g/mol. The summed E-state index contributed by atoms with van der Waals surface area (Å²) in [7, 11) is -4.66. The number of hydrogen-bond donors (Lipinski definition) is 0. The highest BCUT2D eigenvalue weighted by Gasteiger charge is 2.42. The van der Waals surface area contributed by atoms with Gasteiger partial charge in [0, 0.05) is 0 Å². The molecular weight excluding hydrogens is 236 g/mol. The Bertz CT molecular complexity index is 309. The van der Waals surface area contributed by atoms with Crippen LogP contribution in [0.15, 0.2) is 0 Å². The molecule has 90 valence electrons. The molecule has 1 aliphatic rings. The highest BCUT2D eigenvalue weighted by molar-refractivity contribution is 7.86. The molecule has 2 atom stereocenters. The fourth-order valence-corrected chi connectivity index (χ4v) is 2.89. The molecule has 0 saturated heterocycles. The van der Waals surface area contributed by atoms with Crippen molar-refractivity contribution in [3.63, 3.8) is 0 Å². The van der Waals surface area contributed by atoms with Gasteiger partial charge in [-0.2, -0.15) is 21.6 Å². The molecule has 0 heterocycles. The van der Waals surface area contributed by atoms with E-state index in [-0.39, 0.29) is 12.8 Å². The molecule has 1 fully saturated rings. The Hall–Kier alpha value is -0.330. The summed E-state index contributed by atoms with van der Waals surface area (Å²) >= 11 is 0. The molecule has 2 nitrogen and oxygen atoms in total. The van der Waals surface area contributed by atoms with Crippen molar-refractivity contribution in [2.75, 3.05) is 5.75 Å². The lowest BCUT2D eigenvalue weighted by atomic mass is 9.82. The van der Waals surface area contributed by atoms with Crippen molar-refractivity contribution in [2.24, 2.45) is 11.8 Å². The van der Waals surface area contributed by atoms with Gasteiger partial charge in [-0.3, -0.25) is 0 Å². The van der Waals surface area contributed by atoms with Crippen molar-refractivity contribution < 1.29 is 25.5 Å². The molecule has 0 radical (unpaired) electrons. The largest absolute Gasteiger partial charge is 0.391 e. The molecule has 1 aliphatic carbocycles. The van der Waals surface area contributed by atoms with Crippen LogP contribution in [0.3, 0.4) is 0 Å². The summed E-state index contributed by atoms with van der Waals surface area (Å²) in [6, 6.07) is 0. The molecule has 0 aliphatic heterocycles. The zero-order chi connectivity index (χ0) is 11.7. The average Bonchev–Trinajstić information content (AvgIpc) is 1.99. The van der Waals surface area contributed by atoms with Crippen LogP contribution in [0.5, 0.6) is 0 Å². The molecule has 0 amide bonds. The number of alkyl halides is 3. The predicted octanol–water partition coefficient (Wildman–Crippen LogP) is 2.65. The van der Waals surface area contributed by atoms with E-state index < -0.39 is 34.0 Å². The van der Waals surface area contributed by atoms with Crippen molar-refractivity contribution in [1.82, 2.24) is 0 Å². The summed E-state index contributed by atoms with van der Waals surface area (Å²) in [5, 5.41) is 0. The Morgan fingerprint density at radius 2 is 1.80 bits per heavy atom. The summed E-state index contributed by atoms with van der Waals surface area (Å²) in [4.78, 5) is 0. The quantitative estimate of drug-likeness (QED) is 0.556. The molecule has 7 heteroatoms. The second kappa shape index (κ2) is 4.27. The third kappa shape index (κ3) is 4.36. The van der Waals surface area contributed by atoms with Gasteiger partial charge in [0.15, 0.2) is 0 Å².